The van der Waals surface area contributed by atoms with Crippen LogP contribution in [0.2, 0.25) is 0 Å². The number of rotatable bonds is 3. The molecule has 0 spiro atoms. The fourth-order valence-electron chi connectivity index (χ4n) is 1.99. The Morgan fingerprint density at radius 2 is 2.50 bits per heavy atom. The molecule has 0 amide bonds. The Morgan fingerprint density at radius 3 is 3.21 bits per heavy atom. The third-order valence-corrected chi connectivity index (χ3v) is 3.85. The summed E-state index contributed by atoms with van der Waals surface area (Å²) < 4.78 is 0. The number of aryl methyl sites for hydroxylation is 1. The van der Waals surface area contributed by atoms with Gasteiger partial charge in [-0.05, 0) is 43.2 Å². The number of nitrogens with one attached hydrogen (secondary N) is 1. The smallest absolute Gasteiger partial charge is 0.0592 e. The Morgan fingerprint density at radius 1 is 1.57 bits per heavy atom. The minimum atomic E-state index is -0.0868. The summed E-state index contributed by atoms with van der Waals surface area (Å²) in [7, 11) is 0. The molecule has 2 N–H and O–H groups in total. The molecule has 0 radical (unpaired) electrons. The normalized spacial score (nSPS) is 27.8. The van der Waals surface area contributed by atoms with E-state index in [4.69, 9.17) is 0 Å². The molecule has 2 unspecified atom stereocenters. The maximum Gasteiger partial charge on any atom is 0.0592 e. The van der Waals surface area contributed by atoms with Crippen molar-refractivity contribution in [2.24, 2.45) is 5.92 Å². The first-order chi connectivity index (χ1) is 6.86. The van der Waals surface area contributed by atoms with Gasteiger partial charge in [0.05, 0.1) is 6.10 Å². The van der Waals surface area contributed by atoms with Gasteiger partial charge in [0.15, 0.2) is 0 Å². The second-order valence-electron chi connectivity index (χ2n) is 3.94. The molecule has 1 aliphatic heterocycles. The maximum absolute atomic E-state index is 9.76. The molecule has 0 aromatic carbocycles. The van der Waals surface area contributed by atoms with Crippen molar-refractivity contribution < 1.29 is 5.11 Å². The molecule has 0 aliphatic carbocycles. The van der Waals surface area contributed by atoms with Gasteiger partial charge in [-0.1, -0.05) is 6.07 Å². The zero-order valence-corrected chi connectivity index (χ0v) is 9.09. The largest absolute Gasteiger partial charge is 0.393 e. The van der Waals surface area contributed by atoms with Crippen molar-refractivity contribution in [2.75, 3.05) is 13.1 Å². The Labute approximate surface area is 89.0 Å². The van der Waals surface area contributed by atoms with Crippen molar-refractivity contribution in [3.05, 3.63) is 22.4 Å². The molecule has 3 heteroatoms. The van der Waals surface area contributed by atoms with Gasteiger partial charge in [0.1, 0.15) is 0 Å². The average Bonchev–Trinajstić information content (AvgIpc) is 2.69. The highest BCUT2D eigenvalue weighted by atomic mass is 32.1. The van der Waals surface area contributed by atoms with Crippen LogP contribution in [0.4, 0.5) is 0 Å². The topological polar surface area (TPSA) is 32.3 Å². The third kappa shape index (κ3) is 2.56. The van der Waals surface area contributed by atoms with Gasteiger partial charge in [-0.2, -0.15) is 0 Å². The van der Waals surface area contributed by atoms with Crippen molar-refractivity contribution in [3.8, 4) is 0 Å². The highest BCUT2D eigenvalue weighted by molar-refractivity contribution is 7.09. The quantitative estimate of drug-likeness (QED) is 0.797. The first-order valence-corrected chi connectivity index (χ1v) is 6.15. The van der Waals surface area contributed by atoms with Crippen molar-refractivity contribution in [2.45, 2.75) is 25.4 Å². The van der Waals surface area contributed by atoms with Gasteiger partial charge in [0.2, 0.25) is 0 Å². The third-order valence-electron chi connectivity index (χ3n) is 2.91. The molecule has 1 aromatic rings. The van der Waals surface area contributed by atoms with Crippen LogP contribution in [0, 0.1) is 5.92 Å². The van der Waals surface area contributed by atoms with E-state index in [1.165, 1.54) is 4.88 Å². The Bertz CT molecular complexity index is 260. The van der Waals surface area contributed by atoms with E-state index >= 15 is 0 Å². The number of hydrogen-bond donors (Lipinski definition) is 2. The van der Waals surface area contributed by atoms with Crippen molar-refractivity contribution in [3.63, 3.8) is 0 Å². The van der Waals surface area contributed by atoms with Crippen LogP contribution in [-0.4, -0.2) is 24.3 Å². The van der Waals surface area contributed by atoms with E-state index in [-0.39, 0.29) is 6.10 Å². The summed E-state index contributed by atoms with van der Waals surface area (Å²) in [6.45, 7) is 1.95. The standard InChI is InChI=1S/C11H17NOS/c13-11-5-6-12-8-9(11)3-4-10-2-1-7-14-10/h1-2,7,9,11-13H,3-6,8H2. The zero-order valence-electron chi connectivity index (χ0n) is 8.28. The average molecular weight is 211 g/mol. The lowest BCUT2D eigenvalue weighted by Crippen LogP contribution is -2.39. The van der Waals surface area contributed by atoms with Crippen molar-refractivity contribution >= 4 is 11.3 Å². The fraction of sp³-hybridized carbons (Fsp3) is 0.636. The van der Waals surface area contributed by atoms with E-state index < -0.39 is 0 Å². The van der Waals surface area contributed by atoms with E-state index in [0.29, 0.717) is 5.92 Å². The molecule has 78 valence electrons. The molecule has 1 aliphatic rings. The fourth-order valence-corrected chi connectivity index (χ4v) is 2.71. The lowest BCUT2D eigenvalue weighted by atomic mass is 9.91. The summed E-state index contributed by atoms with van der Waals surface area (Å²) >= 11 is 1.81. The Kier molecular flexibility index (Phi) is 3.56. The van der Waals surface area contributed by atoms with E-state index in [1.807, 2.05) is 11.3 Å². The number of aliphatic hydroxyl groups excluding tert-OH is 1. The molecule has 2 heterocycles. The van der Waals surface area contributed by atoms with Gasteiger partial charge >= 0.3 is 0 Å². The van der Waals surface area contributed by atoms with Crippen LogP contribution in [0.25, 0.3) is 0 Å². The molecule has 0 saturated carbocycles. The predicted octanol–water partition coefficient (Wildman–Crippen LogP) is 1.65. The van der Waals surface area contributed by atoms with Gasteiger partial charge < -0.3 is 10.4 Å². The number of hydrogen-bond acceptors (Lipinski definition) is 3. The number of piperidine rings is 1. The van der Waals surface area contributed by atoms with Crippen molar-refractivity contribution in [1.29, 1.82) is 0 Å². The van der Waals surface area contributed by atoms with Crippen LogP contribution in [0.15, 0.2) is 17.5 Å². The van der Waals surface area contributed by atoms with Crippen LogP contribution >= 0.6 is 11.3 Å². The van der Waals surface area contributed by atoms with Gasteiger partial charge in [0.25, 0.3) is 0 Å². The van der Waals surface area contributed by atoms with E-state index in [2.05, 4.69) is 22.8 Å². The second kappa shape index (κ2) is 4.91. The van der Waals surface area contributed by atoms with Crippen LogP contribution in [0.5, 0.6) is 0 Å². The summed E-state index contributed by atoms with van der Waals surface area (Å²) in [6, 6.07) is 4.27. The summed E-state index contributed by atoms with van der Waals surface area (Å²) in [5, 5.41) is 15.2. The van der Waals surface area contributed by atoms with Gasteiger partial charge in [0, 0.05) is 11.4 Å². The molecule has 1 aromatic heterocycles. The SMILES string of the molecule is OC1CCNCC1CCc1cccs1. The van der Waals surface area contributed by atoms with Crippen molar-refractivity contribution in [1.82, 2.24) is 5.32 Å². The van der Waals surface area contributed by atoms with Crippen LogP contribution in [0.1, 0.15) is 17.7 Å². The number of thiophene rings is 1. The molecular weight excluding hydrogens is 194 g/mol. The van der Waals surface area contributed by atoms with E-state index in [0.717, 1.165) is 32.4 Å². The minimum absolute atomic E-state index is 0.0868. The van der Waals surface area contributed by atoms with Gasteiger partial charge in [-0.3, -0.25) is 0 Å². The zero-order chi connectivity index (χ0) is 9.80. The lowest BCUT2D eigenvalue weighted by molar-refractivity contribution is 0.0748. The van der Waals surface area contributed by atoms with E-state index in [9.17, 15) is 5.11 Å². The van der Waals surface area contributed by atoms with Crippen LogP contribution in [-0.2, 0) is 6.42 Å². The molecule has 1 saturated heterocycles. The monoisotopic (exact) mass is 211 g/mol. The summed E-state index contributed by atoms with van der Waals surface area (Å²) in [6.07, 6.45) is 3.04. The molecule has 2 atom stereocenters. The summed E-state index contributed by atoms with van der Waals surface area (Å²) in [4.78, 5) is 1.43. The van der Waals surface area contributed by atoms with Gasteiger partial charge in [-0.15, -0.1) is 11.3 Å². The van der Waals surface area contributed by atoms with Gasteiger partial charge in [-0.25, -0.2) is 0 Å². The highest BCUT2D eigenvalue weighted by Crippen LogP contribution is 2.19. The Balaban J connectivity index is 1.79. The molecule has 2 rings (SSSR count). The van der Waals surface area contributed by atoms with Crippen LogP contribution in [0.3, 0.4) is 0 Å². The second-order valence-corrected chi connectivity index (χ2v) is 4.97. The lowest BCUT2D eigenvalue weighted by Gasteiger charge is -2.28. The van der Waals surface area contributed by atoms with Crippen LogP contribution < -0.4 is 5.32 Å². The minimum Gasteiger partial charge on any atom is -0.393 e. The summed E-state index contributed by atoms with van der Waals surface area (Å²) in [5.74, 6) is 0.450. The predicted molar refractivity (Wildman–Crippen MR) is 59.6 cm³/mol. The first-order valence-electron chi connectivity index (χ1n) is 5.27. The van der Waals surface area contributed by atoms with E-state index in [1.54, 1.807) is 0 Å². The summed E-state index contributed by atoms with van der Waals surface area (Å²) in [5.41, 5.74) is 0. The molecule has 2 nitrogen and oxygen atoms in total. The first kappa shape index (κ1) is 10.1. The molecule has 14 heavy (non-hydrogen) atoms. The maximum atomic E-state index is 9.76. The highest BCUT2D eigenvalue weighted by Gasteiger charge is 2.22. The molecule has 0 bridgehead atoms. The number of aliphatic hydroxyl groups is 1. The molecular formula is C11H17NOS. The Hall–Kier alpha value is -0.380. The molecule has 1 fully saturated rings.